The van der Waals surface area contributed by atoms with Gasteiger partial charge in [-0.1, -0.05) is 113 Å². The van der Waals surface area contributed by atoms with E-state index < -0.39 is 108 Å². The Morgan fingerprint density at radius 3 is 2.08 bits per heavy atom. The number of amides is 6. The van der Waals surface area contributed by atoms with Crippen molar-refractivity contribution >= 4 is 47.1 Å². The number of likely N-dealkylation sites (tertiary alicyclic amines) is 1. The van der Waals surface area contributed by atoms with E-state index in [0.29, 0.717) is 42.6 Å². The third kappa shape index (κ3) is 17.0. The van der Waals surface area contributed by atoms with Crippen LogP contribution < -0.4 is 22.1 Å². The molecule has 1 unspecified atom stereocenters. The molecule has 0 bridgehead atoms. The summed E-state index contributed by atoms with van der Waals surface area (Å²) in [5, 5.41) is 22.5. The zero-order valence-corrected chi connectivity index (χ0v) is 44.1. The number of methoxy groups -OCH3 is 2. The maximum absolute atomic E-state index is 14.7. The number of nitrogens with one attached hydrogen (secondary N) is 2. The zero-order chi connectivity index (χ0) is 54.7. The Bertz CT molecular complexity index is 2260. The molecule has 3 rings (SSSR count). The van der Waals surface area contributed by atoms with Gasteiger partial charge in [-0.15, -0.1) is 0 Å². The average Bonchev–Trinajstić information content (AvgIpc) is 3.85. The fourth-order valence-electron chi connectivity index (χ4n) is 9.32. The lowest BCUT2D eigenvalue weighted by atomic mass is 9.89. The molecule has 22 heteroatoms. The number of nitrogens with zero attached hydrogens (tertiary/aromatic N) is 7. The van der Waals surface area contributed by atoms with Gasteiger partial charge in [0.15, 0.2) is 6.61 Å². The number of carbonyl (C=O) groups excluding carboxylic acids is 6. The molecular weight excluding hydrogens is 943 g/mol. The fourth-order valence-corrected chi connectivity index (χ4v) is 9.32. The molecule has 7 N–H and O–H groups in total. The molecule has 2 aromatic carbocycles. The van der Waals surface area contributed by atoms with Crippen molar-refractivity contribution in [3.63, 3.8) is 0 Å². The summed E-state index contributed by atoms with van der Waals surface area (Å²) >= 11 is 0. The summed E-state index contributed by atoms with van der Waals surface area (Å²) in [5.74, 6) is -5.99. The van der Waals surface area contributed by atoms with Crippen LogP contribution in [0.5, 0.6) is 0 Å². The molecular formula is C51H77N11O11. The van der Waals surface area contributed by atoms with Gasteiger partial charge in [0.05, 0.1) is 48.4 Å². The Hall–Kier alpha value is -6.61. The van der Waals surface area contributed by atoms with E-state index in [9.17, 15) is 39.1 Å². The maximum Gasteiger partial charge on any atom is 0.320 e. The number of benzene rings is 2. The number of hydrogen-bond acceptors (Lipinski definition) is 13. The average molecular weight is 1020 g/mol. The van der Waals surface area contributed by atoms with Crippen molar-refractivity contribution in [2.24, 2.45) is 39.5 Å². The molecule has 402 valence electrons. The number of aliphatic carboxylic acids is 1. The lowest BCUT2D eigenvalue weighted by molar-refractivity contribution is -0.148. The van der Waals surface area contributed by atoms with Crippen LogP contribution in [0.3, 0.4) is 0 Å². The normalized spacial score (nSPS) is 17.8. The number of hydrogen-bond donors (Lipinski definition) is 5. The molecule has 11 atom stereocenters. The molecule has 0 aromatic heterocycles. The lowest BCUT2D eigenvalue weighted by Crippen LogP contribution is -2.61. The molecule has 0 aliphatic carbocycles. The summed E-state index contributed by atoms with van der Waals surface area (Å²) in [6.07, 6.45) is 0.305. The number of ether oxygens (including phenoxy) is 2. The van der Waals surface area contributed by atoms with Crippen molar-refractivity contribution in [2.45, 2.75) is 141 Å². The van der Waals surface area contributed by atoms with E-state index in [0.717, 1.165) is 5.56 Å². The van der Waals surface area contributed by atoms with Crippen molar-refractivity contribution in [1.29, 1.82) is 0 Å². The molecule has 2 aromatic rings. The summed E-state index contributed by atoms with van der Waals surface area (Å²) in [5.41, 5.74) is 23.4. The summed E-state index contributed by atoms with van der Waals surface area (Å²) in [6, 6.07) is 9.16. The number of azide groups is 1. The first-order valence-corrected chi connectivity index (χ1v) is 24.6. The minimum Gasteiger partial charge on any atom is -0.480 e. The zero-order valence-electron chi connectivity index (χ0n) is 44.1. The summed E-state index contributed by atoms with van der Waals surface area (Å²) in [7, 11) is 5.87. The smallest absolute Gasteiger partial charge is 0.320 e. The van der Waals surface area contributed by atoms with Crippen molar-refractivity contribution in [3.8, 4) is 0 Å². The summed E-state index contributed by atoms with van der Waals surface area (Å²) < 4.78 is 11.9. The minimum absolute atomic E-state index is 0.140. The quantitative estimate of drug-likeness (QED) is 0.0258. The first-order chi connectivity index (χ1) is 34.5. The van der Waals surface area contributed by atoms with Crippen LogP contribution in [0, 0.1) is 17.8 Å². The number of nitrogens with two attached hydrogens (primary N) is 2. The van der Waals surface area contributed by atoms with E-state index in [1.54, 1.807) is 56.9 Å². The number of primary amides is 1. The number of carboxylic acid groups (broad SMARTS) is 1. The third-order valence-corrected chi connectivity index (χ3v) is 13.7. The van der Waals surface area contributed by atoms with Gasteiger partial charge in [-0.05, 0) is 60.2 Å². The standard InChI is InChI=1S/C51H77N11O11/c1-12-30(4)45(40(71-10)27-41(63)62-24-16-19-39(62)46(72-11)31(5)48(66)55-38(47(53)65)26-34-17-14-13-15-18-34)61(9)50(68)43(33(7)57-59-54)56-49(67)44(29(2)3)60(8)42(64)28-73-58-32(6)36-22-20-35(21-23-36)25-37(52)51(69)70/h13-15,17-18,20-23,29-31,33,37-40,43-46H,12,16,19,24-28,52H2,1-11H3,(H2,53,65)(H,55,66)(H,56,67)(H,69,70)/t30-,31+,33?,37-,38-,39-,40+,43-,44-,45-,46+/m0/s1. The van der Waals surface area contributed by atoms with E-state index >= 15 is 0 Å². The summed E-state index contributed by atoms with van der Waals surface area (Å²) in [4.78, 5) is 107. The van der Waals surface area contributed by atoms with Crippen LogP contribution >= 0.6 is 0 Å². The van der Waals surface area contributed by atoms with Crippen LogP contribution in [0.1, 0.15) is 90.8 Å². The molecule has 0 spiro atoms. The molecule has 22 nitrogen and oxygen atoms in total. The monoisotopic (exact) mass is 1020 g/mol. The van der Waals surface area contributed by atoms with Gasteiger partial charge >= 0.3 is 5.97 Å². The van der Waals surface area contributed by atoms with Crippen LogP contribution in [-0.4, -0.2) is 163 Å². The largest absolute Gasteiger partial charge is 0.480 e. The highest BCUT2D eigenvalue weighted by molar-refractivity contribution is 5.98. The Morgan fingerprint density at radius 2 is 1.53 bits per heavy atom. The predicted octanol–water partition coefficient (Wildman–Crippen LogP) is 3.18. The lowest BCUT2D eigenvalue weighted by Gasteiger charge is -2.41. The van der Waals surface area contributed by atoms with Gasteiger partial charge in [0.2, 0.25) is 29.5 Å². The maximum atomic E-state index is 14.7. The van der Waals surface area contributed by atoms with Crippen LogP contribution in [0.2, 0.25) is 0 Å². The number of carboxylic acids is 1. The summed E-state index contributed by atoms with van der Waals surface area (Å²) in [6.45, 7) is 12.0. The van der Waals surface area contributed by atoms with Gasteiger partial charge in [-0.3, -0.25) is 33.6 Å². The Kier molecular flexibility index (Phi) is 24.3. The van der Waals surface area contributed by atoms with Crippen molar-refractivity contribution in [3.05, 3.63) is 81.7 Å². The van der Waals surface area contributed by atoms with Crippen molar-refractivity contribution in [1.82, 2.24) is 25.3 Å². The van der Waals surface area contributed by atoms with Crippen LogP contribution in [0.15, 0.2) is 64.9 Å². The van der Waals surface area contributed by atoms with Gasteiger partial charge in [0.1, 0.15) is 24.2 Å². The topological polar surface area (TPSA) is 314 Å². The molecule has 0 saturated carbocycles. The first kappa shape index (κ1) is 60.7. The third-order valence-electron chi connectivity index (χ3n) is 13.7. The number of rotatable bonds is 29. The molecule has 0 radical (unpaired) electrons. The van der Waals surface area contributed by atoms with E-state index in [-0.39, 0.29) is 31.1 Å². The van der Waals surface area contributed by atoms with Crippen LogP contribution in [-0.2, 0) is 60.7 Å². The number of carbonyl (C=O) groups is 7. The van der Waals surface area contributed by atoms with Gasteiger partial charge in [-0.25, -0.2) is 0 Å². The highest BCUT2D eigenvalue weighted by Gasteiger charge is 2.44. The Labute approximate surface area is 428 Å². The van der Waals surface area contributed by atoms with Crippen molar-refractivity contribution < 1.29 is 53.0 Å². The van der Waals surface area contributed by atoms with Gasteiger partial charge in [0.25, 0.3) is 5.91 Å². The highest BCUT2D eigenvalue weighted by atomic mass is 16.6. The van der Waals surface area contributed by atoms with E-state index in [2.05, 4.69) is 25.8 Å². The van der Waals surface area contributed by atoms with Gasteiger partial charge in [-0.2, -0.15) is 0 Å². The van der Waals surface area contributed by atoms with Crippen LogP contribution in [0.25, 0.3) is 10.4 Å². The van der Waals surface area contributed by atoms with Gasteiger partial charge in [0, 0.05) is 46.2 Å². The number of likely N-dealkylation sites (N-methyl/N-ethyl adjacent to an activating group) is 2. The molecule has 1 aliphatic heterocycles. The van der Waals surface area contributed by atoms with E-state index in [1.807, 2.05) is 44.2 Å². The highest BCUT2D eigenvalue weighted by Crippen LogP contribution is 2.30. The minimum atomic E-state index is -1.41. The number of oxime groups is 1. The fraction of sp³-hybridized carbons (Fsp3) is 0.608. The van der Waals surface area contributed by atoms with E-state index in [4.69, 9.17) is 30.9 Å². The molecule has 1 saturated heterocycles. The molecule has 6 amide bonds. The SMILES string of the molecule is CC[C@H](C)[C@@H]([C@@H](CC(=O)N1CCC[C@H]1[C@H](OC)[C@@H](C)C(=O)N[C@@H](Cc1ccccc1)C(N)=O)OC)N(C)C(=O)[C@@H](NC(=O)[C@H](C(C)C)N(C)C(=O)CON=C(C)c1ccc(C[C@H](N)C(=O)O)cc1)C(C)N=[N+]=[N-]. The second-order valence-corrected chi connectivity index (χ2v) is 19.2. The van der Waals surface area contributed by atoms with Crippen LogP contribution in [0.4, 0.5) is 0 Å². The predicted molar refractivity (Wildman–Crippen MR) is 273 cm³/mol. The van der Waals surface area contributed by atoms with Gasteiger partial charge < -0.3 is 56.2 Å². The molecule has 1 aliphatic rings. The Morgan fingerprint density at radius 1 is 0.904 bits per heavy atom. The molecule has 1 fully saturated rings. The second-order valence-electron chi connectivity index (χ2n) is 19.2. The second kappa shape index (κ2) is 29.2. The Balaban J connectivity index is 1.79. The molecule has 1 heterocycles. The molecule has 73 heavy (non-hydrogen) atoms. The van der Waals surface area contributed by atoms with Crippen molar-refractivity contribution in [2.75, 3.05) is 41.5 Å². The first-order valence-electron chi connectivity index (χ1n) is 24.6. The van der Waals surface area contributed by atoms with E-state index in [1.165, 1.54) is 45.0 Å².